The summed E-state index contributed by atoms with van der Waals surface area (Å²) in [6.07, 6.45) is 0. The molecule has 10 aromatic rings. The quantitative estimate of drug-likeness (QED) is 0.162. The number of rotatable bonds is 1. The highest BCUT2D eigenvalue weighted by Gasteiger charge is 2.41. The Morgan fingerprint density at radius 3 is 1.83 bits per heavy atom. The van der Waals surface area contributed by atoms with Gasteiger partial charge >= 0.3 is 0 Å². The molecule has 0 amide bonds. The van der Waals surface area contributed by atoms with E-state index in [0.29, 0.717) is 0 Å². The number of para-hydroxylation sites is 1. The van der Waals surface area contributed by atoms with Crippen LogP contribution in [0.4, 0.5) is 0 Å². The highest BCUT2D eigenvalue weighted by molar-refractivity contribution is 7.27. The highest BCUT2D eigenvalue weighted by atomic mass is 32.1. The van der Waals surface area contributed by atoms with E-state index in [2.05, 4.69) is 158 Å². The van der Waals surface area contributed by atoms with Crippen LogP contribution in [0, 0.1) is 0 Å². The number of thiophene rings is 1. The molecule has 47 heavy (non-hydrogen) atoms. The molecule has 8 aromatic carbocycles. The lowest BCUT2D eigenvalue weighted by molar-refractivity contribution is 0.664. The van der Waals surface area contributed by atoms with Crippen LogP contribution in [0.2, 0.25) is 0 Å². The van der Waals surface area contributed by atoms with Crippen LogP contribution in [0.1, 0.15) is 25.0 Å². The number of benzene rings is 8. The summed E-state index contributed by atoms with van der Waals surface area (Å²) < 4.78 is 5.32. The van der Waals surface area contributed by atoms with E-state index in [1.54, 1.807) is 0 Å². The van der Waals surface area contributed by atoms with E-state index in [-0.39, 0.29) is 5.41 Å². The van der Waals surface area contributed by atoms with Gasteiger partial charge in [-0.15, -0.1) is 11.3 Å². The summed E-state index contributed by atoms with van der Waals surface area (Å²) in [7, 11) is 0. The molecule has 0 unspecified atom stereocenters. The van der Waals surface area contributed by atoms with Crippen molar-refractivity contribution in [3.63, 3.8) is 0 Å². The summed E-state index contributed by atoms with van der Waals surface area (Å²) >= 11 is 1.95. The van der Waals surface area contributed by atoms with E-state index >= 15 is 0 Å². The first-order valence-electron chi connectivity index (χ1n) is 16.5. The van der Waals surface area contributed by atoms with Crippen molar-refractivity contribution >= 4 is 85.6 Å². The Hall–Kier alpha value is -5.44. The van der Waals surface area contributed by atoms with Crippen LogP contribution in [-0.4, -0.2) is 4.57 Å². The third-order valence-corrected chi connectivity index (χ3v) is 12.1. The monoisotopic (exact) mass is 615 g/mol. The normalized spacial score (nSPS) is 13.9. The minimum absolute atomic E-state index is 0.173. The maximum Gasteiger partial charge on any atom is 0.0602 e. The Labute approximate surface area is 275 Å². The largest absolute Gasteiger partial charge is 0.309 e. The molecule has 0 aliphatic heterocycles. The first-order valence-corrected chi connectivity index (χ1v) is 17.3. The van der Waals surface area contributed by atoms with Gasteiger partial charge in [-0.3, -0.25) is 0 Å². The Morgan fingerprint density at radius 2 is 1.09 bits per heavy atom. The van der Waals surface area contributed by atoms with Gasteiger partial charge in [0.1, 0.15) is 0 Å². The molecule has 2 heteroatoms. The Morgan fingerprint density at radius 1 is 0.511 bits per heavy atom. The summed E-state index contributed by atoms with van der Waals surface area (Å²) in [6.45, 7) is 4.86. The SMILES string of the molecule is CC1(C)c2ccccc2-c2c1c1c(c3ccccc3n1-c1ccc3c4ccccc4c4ccccc4c3c1)c1sc3ccccc3c21. The molecule has 11 rings (SSSR count). The van der Waals surface area contributed by atoms with Gasteiger partial charge in [0.05, 0.1) is 11.0 Å². The third kappa shape index (κ3) is 3.14. The predicted molar refractivity (Wildman–Crippen MR) is 204 cm³/mol. The molecule has 2 heterocycles. The average molecular weight is 616 g/mol. The minimum Gasteiger partial charge on any atom is -0.309 e. The van der Waals surface area contributed by atoms with E-state index in [9.17, 15) is 0 Å². The first kappa shape index (κ1) is 25.7. The molecular formula is C45H29NS. The average Bonchev–Trinajstić information content (AvgIpc) is 3.74. The van der Waals surface area contributed by atoms with Crippen LogP contribution in [0.5, 0.6) is 0 Å². The van der Waals surface area contributed by atoms with Gasteiger partial charge in [-0.2, -0.15) is 0 Å². The minimum atomic E-state index is -0.173. The van der Waals surface area contributed by atoms with Crippen molar-refractivity contribution in [1.82, 2.24) is 4.57 Å². The van der Waals surface area contributed by atoms with Crippen LogP contribution >= 0.6 is 11.3 Å². The zero-order valence-corrected chi connectivity index (χ0v) is 27.0. The lowest BCUT2D eigenvalue weighted by atomic mass is 9.81. The maximum absolute atomic E-state index is 2.59. The summed E-state index contributed by atoms with van der Waals surface area (Å²) in [4.78, 5) is 0. The lowest BCUT2D eigenvalue weighted by Gasteiger charge is -2.24. The van der Waals surface area contributed by atoms with Crippen LogP contribution in [0.3, 0.4) is 0 Å². The highest BCUT2D eigenvalue weighted by Crippen LogP contribution is 2.58. The molecule has 1 nitrogen and oxygen atoms in total. The fourth-order valence-electron chi connectivity index (χ4n) is 8.98. The standard InChI is InChI=1S/C45H29NS/c1-45(2)36-20-10-7-17-32(36)39-40-34-19-9-12-22-38(34)47-44(40)41-33-18-8-11-21-37(33)46(43(41)42(39)45)26-23-24-31-29-15-4-3-13-27(29)28-14-5-6-16-30(28)35(31)25-26/h3-25H,1-2H3. The molecule has 0 atom stereocenters. The Bertz CT molecular complexity index is 2950. The topological polar surface area (TPSA) is 4.93 Å². The van der Waals surface area contributed by atoms with Gasteiger partial charge in [0.15, 0.2) is 0 Å². The number of nitrogens with zero attached hydrogens (tertiary/aromatic N) is 1. The first-order chi connectivity index (χ1) is 23.1. The van der Waals surface area contributed by atoms with E-state index in [1.807, 2.05) is 11.3 Å². The molecule has 0 fully saturated rings. The van der Waals surface area contributed by atoms with Crippen molar-refractivity contribution in [1.29, 1.82) is 0 Å². The number of hydrogen-bond donors (Lipinski definition) is 0. The second-order valence-corrected chi connectivity index (χ2v) is 14.7. The smallest absolute Gasteiger partial charge is 0.0602 e. The van der Waals surface area contributed by atoms with Gasteiger partial charge in [0, 0.05) is 42.0 Å². The van der Waals surface area contributed by atoms with Crippen molar-refractivity contribution < 1.29 is 0 Å². The molecule has 1 aliphatic carbocycles. The van der Waals surface area contributed by atoms with Gasteiger partial charge in [0.2, 0.25) is 0 Å². The lowest BCUT2D eigenvalue weighted by Crippen LogP contribution is -2.16. The molecule has 220 valence electrons. The van der Waals surface area contributed by atoms with Gasteiger partial charge in [0.25, 0.3) is 0 Å². The molecule has 0 saturated heterocycles. The number of hydrogen-bond acceptors (Lipinski definition) is 1. The van der Waals surface area contributed by atoms with Gasteiger partial charge in [-0.1, -0.05) is 129 Å². The molecule has 0 saturated carbocycles. The fraction of sp³-hybridized carbons (Fsp3) is 0.0667. The van der Waals surface area contributed by atoms with Crippen LogP contribution in [0.25, 0.3) is 91.1 Å². The zero-order chi connectivity index (χ0) is 31.0. The van der Waals surface area contributed by atoms with E-state index in [1.165, 1.54) is 102 Å². The van der Waals surface area contributed by atoms with Gasteiger partial charge in [-0.05, 0) is 78.8 Å². The van der Waals surface area contributed by atoms with Crippen molar-refractivity contribution in [2.24, 2.45) is 0 Å². The van der Waals surface area contributed by atoms with Gasteiger partial charge < -0.3 is 4.57 Å². The van der Waals surface area contributed by atoms with Crippen LogP contribution in [-0.2, 0) is 5.41 Å². The second-order valence-electron chi connectivity index (χ2n) is 13.6. The van der Waals surface area contributed by atoms with Crippen LogP contribution in [0.15, 0.2) is 140 Å². The molecule has 0 spiro atoms. The third-order valence-electron chi connectivity index (χ3n) is 10.9. The summed E-state index contributed by atoms with van der Waals surface area (Å²) in [6, 6.07) is 52.1. The predicted octanol–water partition coefficient (Wildman–Crippen LogP) is 12.9. The molecule has 0 N–H and O–H groups in total. The van der Waals surface area contributed by atoms with Crippen molar-refractivity contribution in [3.8, 4) is 16.8 Å². The molecule has 2 aromatic heterocycles. The maximum atomic E-state index is 2.59. The van der Waals surface area contributed by atoms with E-state index < -0.39 is 0 Å². The Balaban J connectivity index is 1.38. The molecule has 0 bridgehead atoms. The summed E-state index contributed by atoms with van der Waals surface area (Å²) in [5.41, 5.74) is 9.25. The van der Waals surface area contributed by atoms with Crippen molar-refractivity contribution in [3.05, 3.63) is 151 Å². The van der Waals surface area contributed by atoms with E-state index in [0.717, 1.165) is 0 Å². The van der Waals surface area contributed by atoms with Crippen LogP contribution < -0.4 is 0 Å². The number of fused-ring (bicyclic) bond motifs is 18. The zero-order valence-electron chi connectivity index (χ0n) is 26.1. The molecular weight excluding hydrogens is 587 g/mol. The molecule has 0 radical (unpaired) electrons. The van der Waals surface area contributed by atoms with Crippen molar-refractivity contribution in [2.45, 2.75) is 19.3 Å². The molecule has 1 aliphatic rings. The Kier molecular flexibility index (Phi) is 4.86. The van der Waals surface area contributed by atoms with E-state index in [4.69, 9.17) is 0 Å². The second kappa shape index (κ2) is 8.88. The fourth-order valence-corrected chi connectivity index (χ4v) is 10.3. The summed E-state index contributed by atoms with van der Waals surface area (Å²) in [5, 5.41) is 13.3. The number of aromatic nitrogens is 1. The van der Waals surface area contributed by atoms with Crippen molar-refractivity contribution in [2.75, 3.05) is 0 Å². The summed E-state index contributed by atoms with van der Waals surface area (Å²) in [5.74, 6) is 0. The van der Waals surface area contributed by atoms with Gasteiger partial charge in [-0.25, -0.2) is 0 Å².